The minimum Gasteiger partial charge on any atom is -0.444 e. The molecule has 0 saturated carbocycles. The third-order valence-electron chi connectivity index (χ3n) is 2.12. The lowest BCUT2D eigenvalue weighted by molar-refractivity contribution is -0.119. The second-order valence-corrected chi connectivity index (χ2v) is 5.23. The molecular weight excluding hydrogens is 262 g/mol. The summed E-state index contributed by atoms with van der Waals surface area (Å²) in [7, 11) is 0. The van der Waals surface area contributed by atoms with Gasteiger partial charge in [-0.1, -0.05) is 5.11 Å². The lowest BCUT2D eigenvalue weighted by Gasteiger charge is -2.19. The van der Waals surface area contributed by atoms with Gasteiger partial charge >= 0.3 is 6.09 Å². The van der Waals surface area contributed by atoms with Crippen LogP contribution in [-0.2, 0) is 9.53 Å². The molecule has 0 aromatic heterocycles. The van der Waals surface area contributed by atoms with E-state index in [9.17, 15) is 9.59 Å². The summed E-state index contributed by atoms with van der Waals surface area (Å²) >= 11 is 0. The Labute approximate surface area is 118 Å². The van der Waals surface area contributed by atoms with Gasteiger partial charge in [0, 0.05) is 18.0 Å². The quantitative estimate of drug-likeness (QED) is 0.308. The van der Waals surface area contributed by atoms with E-state index >= 15 is 0 Å². The molecule has 0 aromatic rings. The molecule has 114 valence electrons. The van der Waals surface area contributed by atoms with Crippen molar-refractivity contribution in [3.8, 4) is 0 Å². The largest absolute Gasteiger partial charge is 0.444 e. The molecule has 0 radical (unpaired) electrons. The molecule has 0 spiro atoms. The van der Waals surface area contributed by atoms with Gasteiger partial charge in [0.15, 0.2) is 0 Å². The van der Waals surface area contributed by atoms with E-state index in [-0.39, 0.29) is 12.5 Å². The van der Waals surface area contributed by atoms with E-state index in [1.54, 1.807) is 0 Å². The molecule has 2 amide bonds. The average Bonchev–Trinajstić information content (AvgIpc) is 2.33. The molecule has 20 heavy (non-hydrogen) atoms. The van der Waals surface area contributed by atoms with E-state index < -0.39 is 11.7 Å². The van der Waals surface area contributed by atoms with Gasteiger partial charge in [0.05, 0.1) is 0 Å². The van der Waals surface area contributed by atoms with Crippen LogP contribution in [0.15, 0.2) is 5.11 Å². The summed E-state index contributed by atoms with van der Waals surface area (Å²) < 4.78 is 5.09. The van der Waals surface area contributed by atoms with E-state index in [4.69, 9.17) is 10.3 Å². The van der Waals surface area contributed by atoms with E-state index in [0.29, 0.717) is 13.1 Å². The highest BCUT2D eigenvalue weighted by atomic mass is 16.6. The Morgan fingerprint density at radius 2 is 1.75 bits per heavy atom. The lowest BCUT2D eigenvalue weighted by Crippen LogP contribution is -2.33. The fourth-order valence-electron chi connectivity index (χ4n) is 1.31. The summed E-state index contributed by atoms with van der Waals surface area (Å²) in [6.45, 7) is 6.34. The lowest BCUT2D eigenvalue weighted by atomic mass is 10.2. The zero-order valence-electron chi connectivity index (χ0n) is 12.3. The standard InChI is InChI=1S/C12H23N5O3/c1-12(2,3)20-11(19)15-8-6-4-5-7-14-10(18)9-16-17-13/h4-9H2,1-3H3,(H,14,18)(H,15,19). The van der Waals surface area contributed by atoms with E-state index in [1.165, 1.54) is 0 Å². The summed E-state index contributed by atoms with van der Waals surface area (Å²) in [6.07, 6.45) is 2.07. The highest BCUT2D eigenvalue weighted by Gasteiger charge is 2.15. The van der Waals surface area contributed by atoms with Gasteiger partial charge in [0.25, 0.3) is 0 Å². The van der Waals surface area contributed by atoms with Crippen LogP contribution in [0.3, 0.4) is 0 Å². The zero-order chi connectivity index (χ0) is 15.4. The Balaban J connectivity index is 3.43. The number of azide groups is 1. The molecule has 0 saturated heterocycles. The summed E-state index contributed by atoms with van der Waals surface area (Å²) in [5.41, 5.74) is 7.55. The first-order valence-electron chi connectivity index (χ1n) is 6.59. The number of carbonyl (C=O) groups excluding carboxylic acids is 2. The van der Waals surface area contributed by atoms with Crippen molar-refractivity contribution in [2.24, 2.45) is 5.11 Å². The third kappa shape index (κ3) is 12.5. The van der Waals surface area contributed by atoms with Crippen LogP contribution >= 0.6 is 0 Å². The Hall–Kier alpha value is -1.95. The summed E-state index contributed by atoms with van der Waals surface area (Å²) in [5.74, 6) is -0.283. The molecule has 0 unspecified atom stereocenters. The van der Waals surface area contributed by atoms with Crippen LogP contribution in [0.25, 0.3) is 10.4 Å². The first-order valence-corrected chi connectivity index (χ1v) is 6.59. The maximum absolute atomic E-state index is 11.3. The van der Waals surface area contributed by atoms with Gasteiger partial charge in [-0.25, -0.2) is 4.79 Å². The van der Waals surface area contributed by atoms with Crippen LogP contribution in [0.2, 0.25) is 0 Å². The Morgan fingerprint density at radius 3 is 2.30 bits per heavy atom. The predicted octanol–water partition coefficient (Wildman–Crippen LogP) is 2.11. The highest BCUT2D eigenvalue weighted by molar-refractivity contribution is 5.78. The van der Waals surface area contributed by atoms with Crippen molar-refractivity contribution in [2.75, 3.05) is 19.6 Å². The Bertz CT molecular complexity index is 359. The topological polar surface area (TPSA) is 116 Å². The van der Waals surface area contributed by atoms with Crippen molar-refractivity contribution in [2.45, 2.75) is 45.6 Å². The van der Waals surface area contributed by atoms with Crippen LogP contribution in [0, 0.1) is 0 Å². The molecule has 0 fully saturated rings. The van der Waals surface area contributed by atoms with Crippen LogP contribution in [0.1, 0.15) is 40.0 Å². The number of alkyl carbamates (subject to hydrolysis) is 1. The fourth-order valence-corrected chi connectivity index (χ4v) is 1.31. The van der Waals surface area contributed by atoms with Crippen molar-refractivity contribution in [1.82, 2.24) is 10.6 Å². The summed E-state index contributed by atoms with van der Waals surface area (Å²) in [6, 6.07) is 0. The van der Waals surface area contributed by atoms with E-state index in [0.717, 1.165) is 19.3 Å². The minimum absolute atomic E-state index is 0.170. The second-order valence-electron chi connectivity index (χ2n) is 5.23. The second kappa shape index (κ2) is 9.91. The molecule has 8 heteroatoms. The number of unbranched alkanes of at least 4 members (excludes halogenated alkanes) is 2. The number of amides is 2. The maximum atomic E-state index is 11.3. The number of rotatable bonds is 8. The molecule has 0 heterocycles. The number of carbonyl (C=O) groups is 2. The van der Waals surface area contributed by atoms with Crippen LogP contribution in [0.4, 0.5) is 4.79 Å². The zero-order valence-corrected chi connectivity index (χ0v) is 12.3. The van der Waals surface area contributed by atoms with Crippen LogP contribution in [-0.4, -0.2) is 37.2 Å². The molecule has 2 N–H and O–H groups in total. The minimum atomic E-state index is -0.486. The highest BCUT2D eigenvalue weighted by Crippen LogP contribution is 2.06. The molecule has 0 aromatic carbocycles. The monoisotopic (exact) mass is 285 g/mol. The number of hydrogen-bond acceptors (Lipinski definition) is 4. The van der Waals surface area contributed by atoms with Crippen LogP contribution in [0.5, 0.6) is 0 Å². The summed E-state index contributed by atoms with van der Waals surface area (Å²) in [5, 5.41) is 8.45. The average molecular weight is 285 g/mol. The number of nitrogens with zero attached hydrogens (tertiary/aromatic N) is 3. The van der Waals surface area contributed by atoms with Gasteiger partial charge < -0.3 is 15.4 Å². The van der Waals surface area contributed by atoms with Gasteiger partial charge in [0.1, 0.15) is 12.1 Å². The molecule has 8 nitrogen and oxygen atoms in total. The fraction of sp³-hybridized carbons (Fsp3) is 0.833. The first kappa shape index (κ1) is 18.0. The normalized spacial score (nSPS) is 10.3. The van der Waals surface area contributed by atoms with Gasteiger partial charge in [0.2, 0.25) is 5.91 Å². The molecule has 0 aliphatic rings. The van der Waals surface area contributed by atoms with Crippen molar-refractivity contribution in [3.05, 3.63) is 10.4 Å². The Kier molecular flexibility index (Phi) is 8.95. The molecule has 0 atom stereocenters. The van der Waals surface area contributed by atoms with E-state index in [2.05, 4.69) is 20.7 Å². The maximum Gasteiger partial charge on any atom is 0.407 e. The van der Waals surface area contributed by atoms with Crippen molar-refractivity contribution >= 4 is 12.0 Å². The predicted molar refractivity (Wildman–Crippen MR) is 75.1 cm³/mol. The van der Waals surface area contributed by atoms with Crippen molar-refractivity contribution < 1.29 is 14.3 Å². The first-order chi connectivity index (χ1) is 9.35. The number of hydrogen-bond donors (Lipinski definition) is 2. The van der Waals surface area contributed by atoms with Gasteiger partial charge in [-0.3, -0.25) is 4.79 Å². The molecule has 0 bridgehead atoms. The Morgan fingerprint density at radius 1 is 1.15 bits per heavy atom. The van der Waals surface area contributed by atoms with Crippen LogP contribution < -0.4 is 10.6 Å². The smallest absolute Gasteiger partial charge is 0.407 e. The SMILES string of the molecule is CC(C)(C)OC(=O)NCCCCCNC(=O)CN=[N+]=[N-]. The summed E-state index contributed by atoms with van der Waals surface area (Å²) in [4.78, 5) is 24.9. The molecular formula is C12H23N5O3. The molecule has 0 aliphatic heterocycles. The number of nitrogens with one attached hydrogen (secondary N) is 2. The van der Waals surface area contributed by atoms with Gasteiger partial charge in [-0.05, 0) is 45.6 Å². The van der Waals surface area contributed by atoms with Crippen molar-refractivity contribution in [1.29, 1.82) is 0 Å². The van der Waals surface area contributed by atoms with Gasteiger partial charge in [-0.2, -0.15) is 0 Å². The van der Waals surface area contributed by atoms with Crippen molar-refractivity contribution in [3.63, 3.8) is 0 Å². The van der Waals surface area contributed by atoms with Gasteiger partial charge in [-0.15, -0.1) is 0 Å². The third-order valence-corrected chi connectivity index (χ3v) is 2.12. The molecule has 0 rings (SSSR count). The van der Waals surface area contributed by atoms with E-state index in [1.807, 2.05) is 20.8 Å². The number of ether oxygens (including phenoxy) is 1. The molecule has 0 aliphatic carbocycles.